The third-order valence-corrected chi connectivity index (χ3v) is 3.29. The quantitative estimate of drug-likeness (QED) is 0.569. The summed E-state index contributed by atoms with van der Waals surface area (Å²) in [7, 11) is 1.55. The van der Waals surface area contributed by atoms with Crippen LogP contribution in [0.25, 0.3) is 0 Å². The Balaban J connectivity index is 2.48. The lowest BCUT2D eigenvalue weighted by molar-refractivity contribution is -0.139. The van der Waals surface area contributed by atoms with Crippen LogP contribution in [0.15, 0.2) is 0 Å². The molecule has 0 spiro atoms. The number of carbonyl (C=O) groups is 2. The molecule has 2 atom stereocenters. The highest BCUT2D eigenvalue weighted by Crippen LogP contribution is 2.16. The van der Waals surface area contributed by atoms with E-state index in [0.717, 1.165) is 12.8 Å². The first-order valence-corrected chi connectivity index (χ1v) is 6.50. The number of hydrogen-bond donors (Lipinski definition) is 3. The second kappa shape index (κ2) is 7.96. The number of amides is 2. The first kappa shape index (κ1) is 15.7. The van der Waals surface area contributed by atoms with Crippen molar-refractivity contribution in [3.63, 3.8) is 0 Å². The van der Waals surface area contributed by atoms with Crippen LogP contribution in [0.4, 0.5) is 4.79 Å². The van der Waals surface area contributed by atoms with Crippen molar-refractivity contribution in [2.45, 2.75) is 37.8 Å². The minimum absolute atomic E-state index is 0.0885. The van der Waals surface area contributed by atoms with Gasteiger partial charge >= 0.3 is 12.0 Å². The van der Waals surface area contributed by atoms with E-state index in [1.807, 2.05) is 0 Å². The van der Waals surface area contributed by atoms with Gasteiger partial charge in [0.15, 0.2) is 0 Å². The summed E-state index contributed by atoms with van der Waals surface area (Å²) in [5.41, 5.74) is 0. The molecule has 0 saturated carbocycles. The second-order valence-electron chi connectivity index (χ2n) is 4.65. The van der Waals surface area contributed by atoms with Gasteiger partial charge in [0, 0.05) is 20.3 Å². The van der Waals surface area contributed by atoms with Crippen LogP contribution >= 0.6 is 0 Å². The zero-order valence-corrected chi connectivity index (χ0v) is 11.2. The molecule has 0 aromatic rings. The summed E-state index contributed by atoms with van der Waals surface area (Å²) >= 11 is 0. The summed E-state index contributed by atoms with van der Waals surface area (Å²) in [5.74, 6) is -1.05. The Morgan fingerprint density at radius 1 is 1.53 bits per heavy atom. The average Bonchev–Trinajstić information content (AvgIpc) is 2.85. The van der Waals surface area contributed by atoms with Gasteiger partial charge in [0.1, 0.15) is 6.04 Å². The van der Waals surface area contributed by atoms with E-state index >= 15 is 0 Å². The third kappa shape index (κ3) is 4.68. The molecule has 1 saturated heterocycles. The standard InChI is InChI=1S/C12H22N2O5/c1-19-7-3-5-10(11(16)17)13-12(18)14-6-2-4-9(14)8-15/h9-10,15H,2-8H2,1H3,(H,13,18)(H,16,17). The third-order valence-electron chi connectivity index (χ3n) is 3.29. The van der Waals surface area contributed by atoms with E-state index in [-0.39, 0.29) is 12.6 Å². The van der Waals surface area contributed by atoms with E-state index in [1.54, 1.807) is 7.11 Å². The number of likely N-dealkylation sites (tertiary alicyclic amines) is 1. The molecule has 19 heavy (non-hydrogen) atoms. The molecule has 1 rings (SSSR count). The van der Waals surface area contributed by atoms with Crippen LogP contribution in [-0.2, 0) is 9.53 Å². The molecule has 0 aromatic heterocycles. The molecular formula is C12H22N2O5. The van der Waals surface area contributed by atoms with Crippen molar-refractivity contribution in [2.24, 2.45) is 0 Å². The van der Waals surface area contributed by atoms with E-state index in [0.29, 0.717) is 26.0 Å². The molecule has 110 valence electrons. The van der Waals surface area contributed by atoms with E-state index in [4.69, 9.17) is 14.9 Å². The van der Waals surface area contributed by atoms with Crippen molar-refractivity contribution >= 4 is 12.0 Å². The topological polar surface area (TPSA) is 99.1 Å². The number of carbonyl (C=O) groups excluding carboxylic acids is 1. The van der Waals surface area contributed by atoms with Crippen molar-refractivity contribution in [2.75, 3.05) is 26.9 Å². The maximum absolute atomic E-state index is 12.0. The van der Waals surface area contributed by atoms with Gasteiger partial charge in [-0.15, -0.1) is 0 Å². The number of ether oxygens (including phenoxy) is 1. The molecular weight excluding hydrogens is 252 g/mol. The minimum atomic E-state index is -1.05. The molecule has 1 fully saturated rings. The lowest BCUT2D eigenvalue weighted by Gasteiger charge is -2.25. The normalized spacial score (nSPS) is 20.3. The Morgan fingerprint density at radius 3 is 2.84 bits per heavy atom. The summed E-state index contributed by atoms with van der Waals surface area (Å²) in [4.78, 5) is 24.5. The average molecular weight is 274 g/mol. The monoisotopic (exact) mass is 274 g/mol. The number of aliphatic hydroxyl groups excluding tert-OH is 1. The molecule has 0 aliphatic carbocycles. The molecule has 1 aliphatic rings. The van der Waals surface area contributed by atoms with Crippen molar-refractivity contribution in [3.8, 4) is 0 Å². The van der Waals surface area contributed by atoms with E-state index in [1.165, 1.54) is 4.90 Å². The number of nitrogens with zero attached hydrogens (tertiary/aromatic N) is 1. The number of aliphatic hydroxyl groups is 1. The van der Waals surface area contributed by atoms with E-state index in [9.17, 15) is 9.59 Å². The SMILES string of the molecule is COCCCC(NC(=O)N1CCCC1CO)C(=O)O. The zero-order valence-electron chi connectivity index (χ0n) is 11.2. The van der Waals surface area contributed by atoms with Gasteiger partial charge in [-0.2, -0.15) is 0 Å². The van der Waals surface area contributed by atoms with E-state index < -0.39 is 18.0 Å². The van der Waals surface area contributed by atoms with Crippen LogP contribution in [-0.4, -0.2) is 66.1 Å². The maximum Gasteiger partial charge on any atom is 0.326 e. The Kier molecular flexibility index (Phi) is 6.58. The number of aliphatic carboxylic acids is 1. The first-order chi connectivity index (χ1) is 9.10. The Labute approximate surface area is 112 Å². The highest BCUT2D eigenvalue weighted by Gasteiger charge is 2.30. The molecule has 1 heterocycles. The smallest absolute Gasteiger partial charge is 0.326 e. The Hall–Kier alpha value is -1.34. The van der Waals surface area contributed by atoms with Crippen LogP contribution in [0.5, 0.6) is 0 Å². The van der Waals surface area contributed by atoms with Crippen LogP contribution in [0.2, 0.25) is 0 Å². The molecule has 3 N–H and O–H groups in total. The van der Waals surface area contributed by atoms with Crippen molar-refractivity contribution in [1.29, 1.82) is 0 Å². The zero-order chi connectivity index (χ0) is 14.3. The van der Waals surface area contributed by atoms with Gasteiger partial charge in [-0.05, 0) is 25.7 Å². The summed E-state index contributed by atoms with van der Waals surface area (Å²) in [5, 5.41) is 20.7. The molecule has 7 nitrogen and oxygen atoms in total. The highest BCUT2D eigenvalue weighted by molar-refractivity contribution is 5.82. The van der Waals surface area contributed by atoms with Crippen molar-refractivity contribution in [3.05, 3.63) is 0 Å². The number of rotatable bonds is 7. The predicted octanol–water partition coefficient (Wildman–Crippen LogP) is 0.0325. The molecule has 1 aliphatic heterocycles. The highest BCUT2D eigenvalue weighted by atomic mass is 16.5. The minimum Gasteiger partial charge on any atom is -0.480 e. The van der Waals surface area contributed by atoms with Gasteiger partial charge in [0.05, 0.1) is 12.6 Å². The van der Waals surface area contributed by atoms with Crippen LogP contribution in [0.3, 0.4) is 0 Å². The van der Waals surface area contributed by atoms with Crippen molar-refractivity contribution < 1.29 is 24.5 Å². The van der Waals surface area contributed by atoms with Gasteiger partial charge in [0.2, 0.25) is 0 Å². The lowest BCUT2D eigenvalue weighted by atomic mass is 10.1. The number of urea groups is 1. The number of hydrogen-bond acceptors (Lipinski definition) is 4. The summed E-state index contributed by atoms with van der Waals surface area (Å²) in [6.07, 6.45) is 2.48. The fraction of sp³-hybridized carbons (Fsp3) is 0.833. The van der Waals surface area contributed by atoms with Gasteiger partial charge in [-0.1, -0.05) is 0 Å². The summed E-state index contributed by atoms with van der Waals surface area (Å²) in [6, 6.07) is -1.53. The Morgan fingerprint density at radius 2 is 2.26 bits per heavy atom. The predicted molar refractivity (Wildman–Crippen MR) is 67.9 cm³/mol. The molecule has 0 aromatic carbocycles. The molecule has 2 unspecified atom stereocenters. The van der Waals surface area contributed by atoms with Crippen molar-refractivity contribution in [1.82, 2.24) is 10.2 Å². The van der Waals surface area contributed by atoms with Gasteiger partial charge < -0.3 is 25.2 Å². The Bertz CT molecular complexity index is 310. The molecule has 2 amide bonds. The van der Waals surface area contributed by atoms with Crippen LogP contribution < -0.4 is 5.32 Å². The lowest BCUT2D eigenvalue weighted by Crippen LogP contribution is -2.50. The first-order valence-electron chi connectivity index (χ1n) is 6.50. The number of carboxylic acids is 1. The number of methoxy groups -OCH3 is 1. The largest absolute Gasteiger partial charge is 0.480 e. The number of nitrogens with one attached hydrogen (secondary N) is 1. The second-order valence-corrected chi connectivity index (χ2v) is 4.65. The van der Waals surface area contributed by atoms with E-state index in [2.05, 4.69) is 5.32 Å². The van der Waals surface area contributed by atoms with Gasteiger partial charge in [-0.3, -0.25) is 0 Å². The van der Waals surface area contributed by atoms with Crippen LogP contribution in [0, 0.1) is 0 Å². The number of carboxylic acid groups (broad SMARTS) is 1. The van der Waals surface area contributed by atoms with Gasteiger partial charge in [0.25, 0.3) is 0 Å². The fourth-order valence-electron chi connectivity index (χ4n) is 2.21. The molecule has 7 heteroatoms. The fourth-order valence-corrected chi connectivity index (χ4v) is 2.21. The molecule has 0 bridgehead atoms. The van der Waals surface area contributed by atoms with Crippen LogP contribution in [0.1, 0.15) is 25.7 Å². The summed E-state index contributed by atoms with van der Waals surface area (Å²) in [6.45, 7) is 0.929. The van der Waals surface area contributed by atoms with Gasteiger partial charge in [-0.25, -0.2) is 9.59 Å². The maximum atomic E-state index is 12.0. The summed E-state index contributed by atoms with van der Waals surface area (Å²) < 4.78 is 4.86. The molecule has 0 radical (unpaired) electrons.